The number of hydrogen-bond acceptors (Lipinski definition) is 3. The molecule has 128 valence electrons. The molecule has 0 aromatic heterocycles. The highest BCUT2D eigenvalue weighted by Gasteiger charge is 2.14. The first kappa shape index (κ1) is 18.0. The molecule has 2 rings (SSSR count). The fourth-order valence-electron chi connectivity index (χ4n) is 2.47. The highest BCUT2D eigenvalue weighted by Crippen LogP contribution is 2.19. The van der Waals surface area contributed by atoms with E-state index in [9.17, 15) is 14.3 Å². The molecule has 2 unspecified atom stereocenters. The Morgan fingerprint density at radius 3 is 2.96 bits per heavy atom. The molecule has 1 aliphatic heterocycles. The van der Waals surface area contributed by atoms with Crippen LogP contribution in [0.4, 0.5) is 9.18 Å². The fraction of sp³-hybridized carbons (Fsp3) is 0.562. The van der Waals surface area contributed by atoms with Gasteiger partial charge in [-0.25, -0.2) is 9.18 Å². The zero-order chi connectivity index (χ0) is 16.7. The van der Waals surface area contributed by atoms with E-state index in [0.717, 1.165) is 31.9 Å². The van der Waals surface area contributed by atoms with E-state index in [1.165, 1.54) is 18.6 Å². The summed E-state index contributed by atoms with van der Waals surface area (Å²) in [6, 6.07) is 3.69. The Labute approximate surface area is 140 Å². The van der Waals surface area contributed by atoms with Gasteiger partial charge >= 0.3 is 6.03 Å². The van der Waals surface area contributed by atoms with Crippen molar-refractivity contribution >= 4 is 17.6 Å². The lowest BCUT2D eigenvalue weighted by Crippen LogP contribution is -2.39. The topological polar surface area (TPSA) is 70.6 Å². The quantitative estimate of drug-likeness (QED) is 0.743. The average Bonchev–Trinajstić information content (AvgIpc) is 2.56. The van der Waals surface area contributed by atoms with Crippen LogP contribution in [0.25, 0.3) is 0 Å². The molecule has 0 bridgehead atoms. The monoisotopic (exact) mass is 344 g/mol. The minimum Gasteiger partial charge on any atom is -0.387 e. The van der Waals surface area contributed by atoms with Crippen molar-refractivity contribution in [2.45, 2.75) is 37.9 Å². The van der Waals surface area contributed by atoms with Gasteiger partial charge in [0.25, 0.3) is 0 Å². The van der Waals surface area contributed by atoms with Crippen molar-refractivity contribution in [2.75, 3.05) is 19.7 Å². The maximum Gasteiger partial charge on any atom is 0.314 e. The first-order valence-corrected chi connectivity index (χ1v) is 8.20. The molecule has 5 nitrogen and oxygen atoms in total. The number of halogens is 2. The molecule has 0 radical (unpaired) electrons. The van der Waals surface area contributed by atoms with E-state index in [1.54, 1.807) is 0 Å². The highest BCUT2D eigenvalue weighted by atomic mass is 35.5. The van der Waals surface area contributed by atoms with Gasteiger partial charge in [0, 0.05) is 19.7 Å². The first-order chi connectivity index (χ1) is 11.1. The Kier molecular flexibility index (Phi) is 7.08. The van der Waals surface area contributed by atoms with Crippen molar-refractivity contribution < 1.29 is 19.0 Å². The lowest BCUT2D eigenvalue weighted by Gasteiger charge is -2.22. The summed E-state index contributed by atoms with van der Waals surface area (Å²) in [4.78, 5) is 11.7. The Hall–Kier alpha value is -1.37. The zero-order valence-corrected chi connectivity index (χ0v) is 13.6. The number of benzene rings is 1. The molecule has 2 atom stereocenters. The van der Waals surface area contributed by atoms with Crippen LogP contribution in [0, 0.1) is 5.82 Å². The normalized spacial score (nSPS) is 19.2. The summed E-state index contributed by atoms with van der Waals surface area (Å²) in [5.74, 6) is -0.597. The summed E-state index contributed by atoms with van der Waals surface area (Å²) < 4.78 is 18.9. The second-order valence-corrected chi connectivity index (χ2v) is 6.01. The number of urea groups is 1. The van der Waals surface area contributed by atoms with Gasteiger partial charge in [-0.2, -0.15) is 0 Å². The van der Waals surface area contributed by atoms with Gasteiger partial charge in [0.2, 0.25) is 0 Å². The van der Waals surface area contributed by atoms with Crippen LogP contribution in [0.15, 0.2) is 18.2 Å². The molecule has 0 saturated carbocycles. The molecule has 0 spiro atoms. The summed E-state index contributed by atoms with van der Waals surface area (Å²) in [5.41, 5.74) is 0.364. The fourth-order valence-corrected chi connectivity index (χ4v) is 2.59. The number of rotatable bonds is 6. The van der Waals surface area contributed by atoms with Crippen molar-refractivity contribution in [1.29, 1.82) is 0 Å². The maximum absolute atomic E-state index is 13.3. The Bertz CT molecular complexity index is 524. The predicted molar refractivity (Wildman–Crippen MR) is 86.0 cm³/mol. The van der Waals surface area contributed by atoms with Crippen molar-refractivity contribution in [3.63, 3.8) is 0 Å². The number of carbonyl (C=O) groups is 1. The average molecular weight is 345 g/mol. The molecule has 1 heterocycles. The minimum atomic E-state index is -0.991. The summed E-state index contributed by atoms with van der Waals surface area (Å²) in [7, 11) is 0. The molecular weight excluding hydrogens is 323 g/mol. The first-order valence-electron chi connectivity index (χ1n) is 7.82. The molecule has 0 aliphatic carbocycles. The Morgan fingerprint density at radius 1 is 1.43 bits per heavy atom. The van der Waals surface area contributed by atoms with E-state index in [0.29, 0.717) is 12.1 Å². The molecule has 1 saturated heterocycles. The number of nitrogens with one attached hydrogen (secondary N) is 2. The van der Waals surface area contributed by atoms with Crippen molar-refractivity contribution in [2.24, 2.45) is 0 Å². The molecule has 7 heteroatoms. The molecule has 3 N–H and O–H groups in total. The van der Waals surface area contributed by atoms with Crippen LogP contribution in [0.5, 0.6) is 0 Å². The third kappa shape index (κ3) is 5.97. The smallest absolute Gasteiger partial charge is 0.314 e. The zero-order valence-electron chi connectivity index (χ0n) is 12.9. The summed E-state index contributed by atoms with van der Waals surface area (Å²) in [5, 5.41) is 15.2. The number of amides is 2. The summed E-state index contributed by atoms with van der Waals surface area (Å²) >= 11 is 5.59. The van der Waals surface area contributed by atoms with Gasteiger partial charge in [-0.1, -0.05) is 17.7 Å². The molecule has 1 fully saturated rings. The van der Waals surface area contributed by atoms with E-state index in [1.807, 2.05) is 0 Å². The molecule has 1 aromatic rings. The van der Waals surface area contributed by atoms with Crippen molar-refractivity contribution in [1.82, 2.24) is 10.6 Å². The van der Waals surface area contributed by atoms with Gasteiger partial charge in [-0.3, -0.25) is 0 Å². The molecule has 1 aromatic carbocycles. The van der Waals surface area contributed by atoms with E-state index in [4.69, 9.17) is 16.3 Å². The van der Waals surface area contributed by atoms with Crippen molar-refractivity contribution in [3.05, 3.63) is 34.6 Å². The maximum atomic E-state index is 13.3. The number of ether oxygens (including phenoxy) is 1. The van der Waals surface area contributed by atoms with Gasteiger partial charge in [0.1, 0.15) is 5.82 Å². The Balaban J connectivity index is 1.65. The van der Waals surface area contributed by atoms with Gasteiger partial charge in [0.15, 0.2) is 0 Å². The van der Waals surface area contributed by atoms with Gasteiger partial charge < -0.3 is 20.5 Å². The van der Waals surface area contributed by atoms with E-state index in [2.05, 4.69) is 10.6 Å². The number of carbonyl (C=O) groups excluding carboxylic acids is 1. The second-order valence-electron chi connectivity index (χ2n) is 5.60. The third-order valence-corrected chi connectivity index (χ3v) is 4.12. The van der Waals surface area contributed by atoms with E-state index in [-0.39, 0.29) is 23.7 Å². The van der Waals surface area contributed by atoms with Crippen LogP contribution >= 0.6 is 11.6 Å². The number of aliphatic hydroxyl groups excluding tert-OH is 1. The largest absolute Gasteiger partial charge is 0.387 e. The molecular formula is C16H22ClFN2O3. The number of hydrogen-bond donors (Lipinski definition) is 3. The lowest BCUT2D eigenvalue weighted by atomic mass is 10.1. The minimum absolute atomic E-state index is 0.00316. The summed E-state index contributed by atoms with van der Waals surface area (Å²) in [6.45, 7) is 1.30. The van der Waals surface area contributed by atoms with Crippen LogP contribution in [-0.2, 0) is 4.74 Å². The highest BCUT2D eigenvalue weighted by molar-refractivity contribution is 6.30. The van der Waals surface area contributed by atoms with Crippen LogP contribution in [-0.4, -0.2) is 36.9 Å². The molecule has 1 aliphatic rings. The lowest BCUT2D eigenvalue weighted by molar-refractivity contribution is 0.0120. The second kappa shape index (κ2) is 9.05. The van der Waals surface area contributed by atoms with E-state index >= 15 is 0 Å². The number of aliphatic hydroxyl groups is 1. The summed E-state index contributed by atoms with van der Waals surface area (Å²) in [6.07, 6.45) is 3.30. The van der Waals surface area contributed by atoms with E-state index < -0.39 is 11.9 Å². The van der Waals surface area contributed by atoms with Crippen LogP contribution < -0.4 is 10.6 Å². The third-order valence-electron chi connectivity index (χ3n) is 3.81. The van der Waals surface area contributed by atoms with Crippen LogP contribution in [0.3, 0.4) is 0 Å². The molecule has 23 heavy (non-hydrogen) atoms. The van der Waals surface area contributed by atoms with Gasteiger partial charge in [-0.05, 0) is 43.4 Å². The van der Waals surface area contributed by atoms with Crippen molar-refractivity contribution in [3.8, 4) is 0 Å². The SMILES string of the molecule is O=C(NCCC1CCCCO1)NCC(O)c1ccc(Cl)c(F)c1. The van der Waals surface area contributed by atoms with Crippen LogP contribution in [0.1, 0.15) is 37.4 Å². The van der Waals surface area contributed by atoms with Gasteiger partial charge in [-0.15, -0.1) is 0 Å². The standard InChI is InChI=1S/C16H22ClFN2O3/c17-13-5-4-11(9-14(13)18)15(21)10-20-16(22)19-7-6-12-3-1-2-8-23-12/h4-5,9,12,15,21H,1-3,6-8,10H2,(H2,19,20,22). The Morgan fingerprint density at radius 2 is 2.26 bits per heavy atom. The van der Waals surface area contributed by atoms with Gasteiger partial charge in [0.05, 0.1) is 17.2 Å². The predicted octanol–water partition coefficient (Wildman–Crippen LogP) is 2.77. The molecule has 2 amide bonds. The van der Waals surface area contributed by atoms with Crippen LogP contribution in [0.2, 0.25) is 5.02 Å².